The molecule has 0 amide bonds. The summed E-state index contributed by atoms with van der Waals surface area (Å²) in [6, 6.07) is 9.27. The van der Waals surface area contributed by atoms with Gasteiger partial charge >= 0.3 is 0 Å². The first-order chi connectivity index (χ1) is 8.65. The SMILES string of the molecule is CCOc1ccc(-c2cc(C#N)nn2C)cc1Cl. The number of hydrogen-bond donors (Lipinski definition) is 0. The number of aromatic nitrogens is 2. The Labute approximate surface area is 110 Å². The molecule has 0 radical (unpaired) electrons. The maximum Gasteiger partial charge on any atom is 0.163 e. The molecule has 1 aromatic carbocycles. The van der Waals surface area contributed by atoms with Crippen LogP contribution in [0.4, 0.5) is 0 Å². The third-order valence-electron chi connectivity index (χ3n) is 2.52. The van der Waals surface area contributed by atoms with E-state index in [-0.39, 0.29) is 0 Å². The smallest absolute Gasteiger partial charge is 0.163 e. The zero-order valence-corrected chi connectivity index (χ0v) is 10.9. The highest BCUT2D eigenvalue weighted by Gasteiger charge is 2.09. The molecular weight excluding hydrogens is 250 g/mol. The summed E-state index contributed by atoms with van der Waals surface area (Å²) >= 11 is 6.13. The highest BCUT2D eigenvalue weighted by molar-refractivity contribution is 6.32. The van der Waals surface area contributed by atoms with Gasteiger partial charge in [-0.15, -0.1) is 0 Å². The van der Waals surface area contributed by atoms with Crippen molar-refractivity contribution in [1.29, 1.82) is 5.26 Å². The van der Waals surface area contributed by atoms with Crippen LogP contribution in [-0.2, 0) is 7.05 Å². The summed E-state index contributed by atoms with van der Waals surface area (Å²) in [6.07, 6.45) is 0. The molecule has 1 aromatic heterocycles. The Bertz CT molecular complexity index is 613. The number of nitriles is 1. The molecule has 5 heteroatoms. The van der Waals surface area contributed by atoms with Gasteiger partial charge in [0, 0.05) is 18.7 Å². The molecule has 0 spiro atoms. The van der Waals surface area contributed by atoms with Gasteiger partial charge in [0.25, 0.3) is 0 Å². The zero-order valence-electron chi connectivity index (χ0n) is 10.1. The molecular formula is C13H12ClN3O. The van der Waals surface area contributed by atoms with Gasteiger partial charge in [0.1, 0.15) is 11.8 Å². The molecule has 0 fully saturated rings. The lowest BCUT2D eigenvalue weighted by atomic mass is 10.1. The highest BCUT2D eigenvalue weighted by atomic mass is 35.5. The number of halogens is 1. The van der Waals surface area contributed by atoms with Gasteiger partial charge < -0.3 is 4.74 Å². The minimum Gasteiger partial charge on any atom is -0.492 e. The number of aryl methyl sites for hydroxylation is 1. The second kappa shape index (κ2) is 5.11. The average molecular weight is 262 g/mol. The standard InChI is InChI=1S/C13H12ClN3O/c1-3-18-13-5-4-9(6-11(13)14)12-7-10(8-15)16-17(12)2/h4-7H,3H2,1-2H3. The molecule has 1 heterocycles. The Hall–Kier alpha value is -1.99. The lowest BCUT2D eigenvalue weighted by Crippen LogP contribution is -1.95. The lowest BCUT2D eigenvalue weighted by molar-refractivity contribution is 0.340. The van der Waals surface area contributed by atoms with Crippen LogP contribution in [0, 0.1) is 11.3 Å². The average Bonchev–Trinajstić information content (AvgIpc) is 2.73. The van der Waals surface area contributed by atoms with E-state index in [1.165, 1.54) is 0 Å². The highest BCUT2D eigenvalue weighted by Crippen LogP contribution is 2.30. The predicted octanol–water partition coefficient (Wildman–Crippen LogP) is 3.01. The van der Waals surface area contributed by atoms with Crippen LogP contribution in [-0.4, -0.2) is 16.4 Å². The Morgan fingerprint density at radius 2 is 2.22 bits per heavy atom. The van der Waals surface area contributed by atoms with Crippen LogP contribution >= 0.6 is 11.6 Å². The summed E-state index contributed by atoms with van der Waals surface area (Å²) in [5.41, 5.74) is 2.13. The molecule has 0 atom stereocenters. The van der Waals surface area contributed by atoms with E-state index in [1.54, 1.807) is 17.8 Å². The number of ether oxygens (including phenoxy) is 1. The number of hydrogen-bond acceptors (Lipinski definition) is 3. The van der Waals surface area contributed by atoms with E-state index in [0.29, 0.717) is 23.1 Å². The maximum absolute atomic E-state index is 8.82. The second-order valence-electron chi connectivity index (χ2n) is 3.73. The molecule has 2 aromatic rings. The van der Waals surface area contributed by atoms with E-state index < -0.39 is 0 Å². The molecule has 0 aliphatic carbocycles. The van der Waals surface area contributed by atoms with Crippen LogP contribution in [0.15, 0.2) is 24.3 Å². The summed E-state index contributed by atoms with van der Waals surface area (Å²) in [5, 5.41) is 13.4. The summed E-state index contributed by atoms with van der Waals surface area (Å²) in [7, 11) is 1.79. The molecule has 0 N–H and O–H groups in total. The van der Waals surface area contributed by atoms with Crippen molar-refractivity contribution in [3.05, 3.63) is 35.0 Å². The van der Waals surface area contributed by atoms with Gasteiger partial charge in [0.05, 0.1) is 17.3 Å². The van der Waals surface area contributed by atoms with Crippen molar-refractivity contribution >= 4 is 11.6 Å². The molecule has 0 bridgehead atoms. The van der Waals surface area contributed by atoms with Crippen molar-refractivity contribution in [2.75, 3.05) is 6.61 Å². The van der Waals surface area contributed by atoms with Crippen LogP contribution in [0.25, 0.3) is 11.3 Å². The minimum atomic E-state index is 0.387. The van der Waals surface area contributed by atoms with Crippen molar-refractivity contribution < 1.29 is 4.74 Å². The zero-order chi connectivity index (χ0) is 13.1. The molecule has 0 saturated heterocycles. The van der Waals surface area contributed by atoms with Gasteiger partial charge in [-0.1, -0.05) is 11.6 Å². The van der Waals surface area contributed by atoms with Crippen molar-refractivity contribution in [3.8, 4) is 23.1 Å². The quantitative estimate of drug-likeness (QED) is 0.853. The van der Waals surface area contributed by atoms with Crippen molar-refractivity contribution in [3.63, 3.8) is 0 Å². The molecule has 18 heavy (non-hydrogen) atoms. The summed E-state index contributed by atoms with van der Waals surface area (Å²) in [5.74, 6) is 0.658. The topological polar surface area (TPSA) is 50.8 Å². The Morgan fingerprint density at radius 3 is 2.78 bits per heavy atom. The summed E-state index contributed by atoms with van der Waals surface area (Å²) in [4.78, 5) is 0. The van der Waals surface area contributed by atoms with Gasteiger partial charge in [-0.2, -0.15) is 10.4 Å². The van der Waals surface area contributed by atoms with Gasteiger partial charge in [-0.05, 0) is 25.1 Å². The van der Waals surface area contributed by atoms with Crippen molar-refractivity contribution in [1.82, 2.24) is 9.78 Å². The molecule has 0 aliphatic heterocycles. The van der Waals surface area contributed by atoms with Crippen LogP contribution < -0.4 is 4.74 Å². The molecule has 0 saturated carbocycles. The maximum atomic E-state index is 8.82. The van der Waals surface area contributed by atoms with E-state index in [0.717, 1.165) is 11.3 Å². The van der Waals surface area contributed by atoms with Crippen LogP contribution in [0.5, 0.6) is 5.75 Å². The fourth-order valence-electron chi connectivity index (χ4n) is 1.72. The number of rotatable bonds is 3. The van der Waals surface area contributed by atoms with E-state index >= 15 is 0 Å². The van der Waals surface area contributed by atoms with E-state index in [4.69, 9.17) is 21.6 Å². The first-order valence-electron chi connectivity index (χ1n) is 5.52. The molecule has 0 unspecified atom stereocenters. The van der Waals surface area contributed by atoms with Crippen LogP contribution in [0.3, 0.4) is 0 Å². The number of benzene rings is 1. The Morgan fingerprint density at radius 1 is 1.44 bits per heavy atom. The Balaban J connectivity index is 2.42. The third kappa shape index (κ3) is 2.31. The van der Waals surface area contributed by atoms with Crippen molar-refractivity contribution in [2.45, 2.75) is 6.92 Å². The predicted molar refractivity (Wildman–Crippen MR) is 69.5 cm³/mol. The van der Waals surface area contributed by atoms with Gasteiger partial charge in [-0.3, -0.25) is 4.68 Å². The summed E-state index contributed by atoms with van der Waals surface area (Å²) in [6.45, 7) is 2.48. The molecule has 2 rings (SSSR count). The van der Waals surface area contributed by atoms with E-state index in [1.807, 2.05) is 31.2 Å². The summed E-state index contributed by atoms with van der Waals surface area (Å²) < 4.78 is 7.03. The van der Waals surface area contributed by atoms with Crippen LogP contribution in [0.1, 0.15) is 12.6 Å². The molecule has 4 nitrogen and oxygen atoms in total. The normalized spacial score (nSPS) is 10.1. The first kappa shape index (κ1) is 12.5. The number of nitrogens with zero attached hydrogens (tertiary/aromatic N) is 3. The fraction of sp³-hybridized carbons (Fsp3) is 0.231. The minimum absolute atomic E-state index is 0.387. The monoisotopic (exact) mass is 261 g/mol. The Kier molecular flexibility index (Phi) is 3.54. The second-order valence-corrected chi connectivity index (χ2v) is 4.14. The molecule has 92 valence electrons. The molecule has 0 aliphatic rings. The third-order valence-corrected chi connectivity index (χ3v) is 2.82. The fourth-order valence-corrected chi connectivity index (χ4v) is 1.96. The van der Waals surface area contributed by atoms with Gasteiger partial charge in [0.2, 0.25) is 0 Å². The first-order valence-corrected chi connectivity index (χ1v) is 5.90. The van der Waals surface area contributed by atoms with Crippen molar-refractivity contribution in [2.24, 2.45) is 7.05 Å². The lowest BCUT2D eigenvalue weighted by Gasteiger charge is -2.07. The largest absolute Gasteiger partial charge is 0.492 e. The van der Waals surface area contributed by atoms with Gasteiger partial charge in [-0.25, -0.2) is 0 Å². The van der Waals surface area contributed by atoms with E-state index in [2.05, 4.69) is 5.10 Å². The van der Waals surface area contributed by atoms with Crippen LogP contribution in [0.2, 0.25) is 5.02 Å². The van der Waals surface area contributed by atoms with Gasteiger partial charge in [0.15, 0.2) is 5.69 Å². The van der Waals surface area contributed by atoms with E-state index in [9.17, 15) is 0 Å².